The number of fused-ring (bicyclic) bond motifs is 5. The van der Waals surface area contributed by atoms with Gasteiger partial charge in [0.15, 0.2) is 0 Å². The highest BCUT2D eigenvalue weighted by molar-refractivity contribution is 5.96. The number of hydrogen-bond acceptors (Lipinski definition) is 1. The van der Waals surface area contributed by atoms with Crippen LogP contribution >= 0.6 is 0 Å². The van der Waals surface area contributed by atoms with Gasteiger partial charge in [0.2, 0.25) is 0 Å². The van der Waals surface area contributed by atoms with Crippen molar-refractivity contribution in [3.63, 3.8) is 0 Å². The molecule has 4 aliphatic carbocycles. The fraction of sp³-hybridized carbons (Fsp3) is 0.308. The van der Waals surface area contributed by atoms with Crippen LogP contribution in [0.3, 0.4) is 0 Å². The molecule has 0 N–H and O–H groups in total. The van der Waals surface area contributed by atoms with Gasteiger partial charge in [0.05, 0.1) is 0 Å². The van der Waals surface area contributed by atoms with Gasteiger partial charge >= 0.3 is 0 Å². The highest BCUT2D eigenvalue weighted by Crippen LogP contribution is 2.55. The molecule has 1 heteroatoms. The third-order valence-electron chi connectivity index (χ3n) is 13.8. The Bertz CT molecular complexity index is 2250. The van der Waals surface area contributed by atoms with Gasteiger partial charge < -0.3 is 4.90 Å². The van der Waals surface area contributed by atoms with Gasteiger partial charge in [-0.2, -0.15) is 0 Å². The maximum atomic E-state index is 2.52. The van der Waals surface area contributed by atoms with Gasteiger partial charge in [0, 0.05) is 22.5 Å². The molecule has 0 aromatic heterocycles. The molecule has 53 heavy (non-hydrogen) atoms. The molecule has 3 atom stereocenters. The van der Waals surface area contributed by atoms with Crippen LogP contribution in [0, 0.1) is 11.8 Å². The quantitative estimate of drug-likeness (QED) is 0.161. The molecule has 0 aliphatic heterocycles. The molecule has 3 fully saturated rings. The van der Waals surface area contributed by atoms with Crippen LogP contribution in [0.1, 0.15) is 106 Å². The standard InChI is InChI=1S/C52H51N/c1-52(2)49-20-12-11-19-46(49)51-48(37-15-7-4-8-16-37)33-43(34-50(51)52)53(42-29-25-39(26-30-42)47-32-35-21-22-40(47)31-35)41-27-23-38(24-28-41)45-18-10-9-17-44(45)36-13-5-3-6-14-36/h4,7-12,15-20,23-30,33-36,40,47H,3,5-6,13-14,21-22,31-32H2,1-2H3. The molecule has 0 spiro atoms. The van der Waals surface area contributed by atoms with E-state index in [0.717, 1.165) is 17.8 Å². The van der Waals surface area contributed by atoms with E-state index in [2.05, 4.69) is 158 Å². The number of hydrogen-bond donors (Lipinski definition) is 0. The van der Waals surface area contributed by atoms with Crippen LogP contribution in [0.4, 0.5) is 17.1 Å². The summed E-state index contributed by atoms with van der Waals surface area (Å²) in [5.41, 5.74) is 17.4. The maximum Gasteiger partial charge on any atom is 0.0471 e. The minimum absolute atomic E-state index is 0.116. The van der Waals surface area contributed by atoms with E-state index < -0.39 is 0 Å². The van der Waals surface area contributed by atoms with Gasteiger partial charge in [-0.25, -0.2) is 0 Å². The van der Waals surface area contributed by atoms with Crippen LogP contribution in [-0.4, -0.2) is 0 Å². The molecule has 4 aliphatic rings. The average Bonchev–Trinajstić information content (AvgIpc) is 3.92. The number of benzene rings is 6. The second kappa shape index (κ2) is 13.2. The first-order valence-electron chi connectivity index (χ1n) is 20.5. The van der Waals surface area contributed by atoms with E-state index >= 15 is 0 Å². The van der Waals surface area contributed by atoms with E-state index in [1.165, 1.54) is 130 Å². The molecule has 6 aromatic rings. The van der Waals surface area contributed by atoms with Crippen molar-refractivity contribution < 1.29 is 0 Å². The zero-order valence-electron chi connectivity index (χ0n) is 31.4. The van der Waals surface area contributed by atoms with Crippen LogP contribution in [0.25, 0.3) is 33.4 Å². The van der Waals surface area contributed by atoms with Gasteiger partial charge in [-0.15, -0.1) is 0 Å². The minimum Gasteiger partial charge on any atom is -0.310 e. The van der Waals surface area contributed by atoms with Crippen LogP contribution in [-0.2, 0) is 5.41 Å². The van der Waals surface area contributed by atoms with Gasteiger partial charge in [-0.1, -0.05) is 143 Å². The highest BCUT2D eigenvalue weighted by atomic mass is 15.1. The van der Waals surface area contributed by atoms with Crippen molar-refractivity contribution in [2.24, 2.45) is 11.8 Å². The Morgan fingerprint density at radius 2 is 1.17 bits per heavy atom. The first kappa shape index (κ1) is 32.7. The molecular weight excluding hydrogens is 639 g/mol. The Morgan fingerprint density at radius 3 is 1.89 bits per heavy atom. The number of rotatable bonds is 7. The average molecular weight is 690 g/mol. The van der Waals surface area contributed by atoms with Gasteiger partial charge in [0.1, 0.15) is 0 Å². The fourth-order valence-electron chi connectivity index (χ4n) is 11.1. The van der Waals surface area contributed by atoms with Crippen molar-refractivity contribution in [3.05, 3.63) is 162 Å². The van der Waals surface area contributed by atoms with Crippen molar-refractivity contribution in [3.8, 4) is 33.4 Å². The first-order chi connectivity index (χ1) is 26.0. The summed E-state index contributed by atoms with van der Waals surface area (Å²) < 4.78 is 0. The molecule has 6 aromatic carbocycles. The van der Waals surface area contributed by atoms with E-state index in [0.29, 0.717) is 5.92 Å². The molecule has 0 saturated heterocycles. The van der Waals surface area contributed by atoms with E-state index in [4.69, 9.17) is 0 Å². The molecule has 0 radical (unpaired) electrons. The van der Waals surface area contributed by atoms with Crippen molar-refractivity contribution in [1.82, 2.24) is 0 Å². The first-order valence-corrected chi connectivity index (χ1v) is 20.5. The predicted octanol–water partition coefficient (Wildman–Crippen LogP) is 14.7. The smallest absolute Gasteiger partial charge is 0.0471 e. The zero-order chi connectivity index (χ0) is 35.5. The zero-order valence-corrected chi connectivity index (χ0v) is 31.4. The molecule has 3 unspecified atom stereocenters. The molecule has 0 heterocycles. The lowest BCUT2D eigenvalue weighted by atomic mass is 9.81. The van der Waals surface area contributed by atoms with E-state index in [1.54, 1.807) is 0 Å². The Balaban J connectivity index is 1.11. The maximum absolute atomic E-state index is 2.52. The predicted molar refractivity (Wildman–Crippen MR) is 224 cm³/mol. The molecule has 0 amide bonds. The number of nitrogens with zero attached hydrogens (tertiary/aromatic N) is 1. The highest BCUT2D eigenvalue weighted by Gasteiger charge is 2.40. The monoisotopic (exact) mass is 689 g/mol. The SMILES string of the molecule is CC1(C)c2ccccc2-c2c(-c3ccccc3)cc(N(c3ccc(-c4ccccc4C4CCCCC4)cc3)c3ccc(C4CC5CCC4C5)cc3)cc21. The fourth-order valence-corrected chi connectivity index (χ4v) is 11.1. The van der Waals surface area contributed by atoms with Gasteiger partial charge in [0.25, 0.3) is 0 Å². The molecule has 2 bridgehead atoms. The summed E-state index contributed by atoms with van der Waals surface area (Å²) in [7, 11) is 0. The largest absolute Gasteiger partial charge is 0.310 e. The summed E-state index contributed by atoms with van der Waals surface area (Å²) in [6, 6.07) is 53.4. The topological polar surface area (TPSA) is 3.24 Å². The van der Waals surface area contributed by atoms with Crippen LogP contribution in [0.5, 0.6) is 0 Å². The van der Waals surface area contributed by atoms with E-state index in [1.807, 2.05) is 0 Å². The summed E-state index contributed by atoms with van der Waals surface area (Å²) in [4.78, 5) is 2.52. The third kappa shape index (κ3) is 5.67. The van der Waals surface area contributed by atoms with E-state index in [9.17, 15) is 0 Å². The second-order valence-electron chi connectivity index (χ2n) is 17.1. The lowest BCUT2D eigenvalue weighted by Crippen LogP contribution is -2.17. The summed E-state index contributed by atoms with van der Waals surface area (Å²) in [5, 5.41) is 0. The van der Waals surface area contributed by atoms with Crippen LogP contribution in [0.15, 0.2) is 140 Å². The van der Waals surface area contributed by atoms with E-state index in [-0.39, 0.29) is 5.41 Å². The summed E-state index contributed by atoms with van der Waals surface area (Å²) in [6.07, 6.45) is 12.4. The van der Waals surface area contributed by atoms with Gasteiger partial charge in [-0.05, 0) is 148 Å². The number of anilines is 3. The Kier molecular flexibility index (Phi) is 8.16. The molecular formula is C52H51N. The summed E-state index contributed by atoms with van der Waals surface area (Å²) in [6.45, 7) is 4.81. The normalized spacial score (nSPS) is 21.4. The van der Waals surface area contributed by atoms with Crippen molar-refractivity contribution >= 4 is 17.1 Å². The molecule has 264 valence electrons. The van der Waals surface area contributed by atoms with Crippen molar-refractivity contribution in [1.29, 1.82) is 0 Å². The lowest BCUT2D eigenvalue weighted by Gasteiger charge is -2.30. The minimum atomic E-state index is -0.116. The third-order valence-corrected chi connectivity index (χ3v) is 13.8. The second-order valence-corrected chi connectivity index (χ2v) is 17.1. The molecule has 10 rings (SSSR count). The Hall–Kier alpha value is -4.88. The summed E-state index contributed by atoms with van der Waals surface area (Å²) in [5.74, 6) is 3.21. The van der Waals surface area contributed by atoms with Crippen molar-refractivity contribution in [2.45, 2.75) is 88.9 Å². The van der Waals surface area contributed by atoms with Crippen LogP contribution in [0.2, 0.25) is 0 Å². The van der Waals surface area contributed by atoms with Crippen molar-refractivity contribution in [2.75, 3.05) is 4.90 Å². The van der Waals surface area contributed by atoms with Crippen LogP contribution < -0.4 is 4.90 Å². The Morgan fingerprint density at radius 1 is 0.509 bits per heavy atom. The van der Waals surface area contributed by atoms with Gasteiger partial charge in [-0.3, -0.25) is 0 Å². The summed E-state index contributed by atoms with van der Waals surface area (Å²) >= 11 is 0. The molecule has 3 saturated carbocycles. The lowest BCUT2D eigenvalue weighted by molar-refractivity contribution is 0.420. The Labute approximate surface area is 316 Å². The molecule has 1 nitrogen and oxygen atoms in total.